The van der Waals surface area contributed by atoms with E-state index < -0.39 is 5.92 Å². The van der Waals surface area contributed by atoms with Crippen LogP contribution >= 0.6 is 11.6 Å². The molecule has 3 rings (SSSR count). The molecule has 16 heavy (non-hydrogen) atoms. The maximum absolute atomic E-state index is 12.7. The van der Waals surface area contributed by atoms with Crippen molar-refractivity contribution in [1.82, 2.24) is 9.97 Å². The second-order valence-corrected chi connectivity index (χ2v) is 4.78. The molecule has 86 valence electrons. The van der Waals surface area contributed by atoms with Crippen molar-refractivity contribution in [1.29, 1.82) is 0 Å². The predicted molar refractivity (Wildman–Crippen MR) is 56.2 cm³/mol. The average molecular weight is 246 g/mol. The fourth-order valence-electron chi connectivity index (χ4n) is 1.78. The fourth-order valence-corrected chi connectivity index (χ4v) is 1.97. The van der Waals surface area contributed by atoms with Crippen LogP contribution < -0.4 is 4.90 Å². The summed E-state index contributed by atoms with van der Waals surface area (Å²) in [7, 11) is 0. The Morgan fingerprint density at radius 1 is 1.31 bits per heavy atom. The van der Waals surface area contributed by atoms with Crippen molar-refractivity contribution in [3.63, 3.8) is 0 Å². The van der Waals surface area contributed by atoms with Crippen LogP contribution in [0.2, 0.25) is 5.15 Å². The van der Waals surface area contributed by atoms with Crippen molar-refractivity contribution >= 4 is 17.4 Å². The third kappa shape index (κ3) is 1.84. The Bertz CT molecular complexity index is 426. The Hall–Kier alpha value is -0.970. The number of hydrogen-bond acceptors (Lipinski definition) is 3. The summed E-state index contributed by atoms with van der Waals surface area (Å²) in [5, 5.41) is 0.335. The molecule has 1 aliphatic heterocycles. The SMILES string of the molecule is FC1(F)CN(c2cc(Cl)nc(C3CC3)n2)C1. The highest BCUT2D eigenvalue weighted by molar-refractivity contribution is 6.29. The molecule has 6 heteroatoms. The van der Waals surface area contributed by atoms with E-state index in [-0.39, 0.29) is 13.1 Å². The van der Waals surface area contributed by atoms with E-state index >= 15 is 0 Å². The summed E-state index contributed by atoms with van der Waals surface area (Å²) in [5.41, 5.74) is 0. The lowest BCUT2D eigenvalue weighted by atomic mass is 10.1. The minimum atomic E-state index is -2.59. The van der Waals surface area contributed by atoms with E-state index in [2.05, 4.69) is 9.97 Å². The summed E-state index contributed by atoms with van der Waals surface area (Å²) in [6, 6.07) is 1.54. The lowest BCUT2D eigenvalue weighted by Gasteiger charge is -2.39. The molecule has 1 aliphatic carbocycles. The first-order chi connectivity index (χ1) is 7.53. The van der Waals surface area contributed by atoms with Gasteiger partial charge in [-0.05, 0) is 12.8 Å². The van der Waals surface area contributed by atoms with Gasteiger partial charge in [0, 0.05) is 12.0 Å². The zero-order chi connectivity index (χ0) is 11.3. The first-order valence-corrected chi connectivity index (χ1v) is 5.59. The van der Waals surface area contributed by atoms with Gasteiger partial charge in [-0.15, -0.1) is 0 Å². The summed E-state index contributed by atoms with van der Waals surface area (Å²) >= 11 is 5.85. The second kappa shape index (κ2) is 3.26. The van der Waals surface area contributed by atoms with Gasteiger partial charge in [0.2, 0.25) is 0 Å². The van der Waals surface area contributed by atoms with Gasteiger partial charge in [-0.25, -0.2) is 18.7 Å². The Kier molecular flexibility index (Phi) is 2.08. The Morgan fingerprint density at radius 2 is 2.00 bits per heavy atom. The van der Waals surface area contributed by atoms with Gasteiger partial charge < -0.3 is 4.90 Å². The van der Waals surface area contributed by atoms with Gasteiger partial charge in [-0.2, -0.15) is 0 Å². The highest BCUT2D eigenvalue weighted by Crippen LogP contribution is 2.40. The van der Waals surface area contributed by atoms with Crippen LogP contribution in [-0.4, -0.2) is 29.0 Å². The van der Waals surface area contributed by atoms with Crippen molar-refractivity contribution < 1.29 is 8.78 Å². The van der Waals surface area contributed by atoms with E-state index in [1.54, 1.807) is 6.07 Å². The molecule has 1 aromatic rings. The van der Waals surface area contributed by atoms with Crippen molar-refractivity contribution in [3.8, 4) is 0 Å². The molecule has 0 spiro atoms. The Morgan fingerprint density at radius 3 is 2.56 bits per heavy atom. The number of anilines is 1. The van der Waals surface area contributed by atoms with Crippen LogP contribution in [0.1, 0.15) is 24.6 Å². The van der Waals surface area contributed by atoms with Crippen LogP contribution in [0.3, 0.4) is 0 Å². The summed E-state index contributed by atoms with van der Waals surface area (Å²) < 4.78 is 25.5. The highest BCUT2D eigenvalue weighted by Gasteiger charge is 2.44. The third-order valence-electron chi connectivity index (χ3n) is 2.81. The van der Waals surface area contributed by atoms with Crippen molar-refractivity contribution in [2.45, 2.75) is 24.7 Å². The van der Waals surface area contributed by atoms with Crippen LogP contribution in [0.5, 0.6) is 0 Å². The van der Waals surface area contributed by atoms with Crippen LogP contribution in [0, 0.1) is 0 Å². The molecule has 3 nitrogen and oxygen atoms in total. The molecule has 0 unspecified atom stereocenters. The standard InChI is InChI=1S/C10H10ClF2N3/c11-7-3-8(16-4-10(12,13)5-16)15-9(14-7)6-1-2-6/h3,6H,1-2,4-5H2. The smallest absolute Gasteiger partial charge is 0.282 e. The van der Waals surface area contributed by atoms with E-state index in [9.17, 15) is 8.78 Å². The van der Waals surface area contributed by atoms with Gasteiger partial charge in [0.25, 0.3) is 5.92 Å². The first-order valence-electron chi connectivity index (χ1n) is 5.21. The summed E-state index contributed by atoms with van der Waals surface area (Å²) in [6.45, 7) is -0.547. The van der Waals surface area contributed by atoms with Crippen LogP contribution in [-0.2, 0) is 0 Å². The largest absolute Gasteiger partial charge is 0.344 e. The number of aromatic nitrogens is 2. The topological polar surface area (TPSA) is 29.0 Å². The van der Waals surface area contributed by atoms with E-state index in [0.717, 1.165) is 12.8 Å². The molecule has 1 saturated carbocycles. The monoisotopic (exact) mass is 245 g/mol. The van der Waals surface area contributed by atoms with Gasteiger partial charge in [-0.1, -0.05) is 11.6 Å². The molecule has 0 bridgehead atoms. The van der Waals surface area contributed by atoms with Crippen LogP contribution in [0.4, 0.5) is 14.6 Å². The molecule has 2 heterocycles. The minimum Gasteiger partial charge on any atom is -0.344 e. The maximum atomic E-state index is 12.7. The van der Waals surface area contributed by atoms with E-state index in [1.807, 2.05) is 0 Å². The Balaban J connectivity index is 1.84. The minimum absolute atomic E-state index is 0.273. The molecule has 1 saturated heterocycles. The van der Waals surface area contributed by atoms with Gasteiger partial charge in [0.1, 0.15) is 16.8 Å². The molecule has 0 amide bonds. The molecular weight excluding hydrogens is 236 g/mol. The van der Waals surface area contributed by atoms with E-state index in [4.69, 9.17) is 11.6 Å². The van der Waals surface area contributed by atoms with Crippen molar-refractivity contribution in [2.75, 3.05) is 18.0 Å². The molecular formula is C10H10ClF2N3. The van der Waals surface area contributed by atoms with Gasteiger partial charge in [0.05, 0.1) is 13.1 Å². The Labute approximate surface area is 96.4 Å². The van der Waals surface area contributed by atoms with E-state index in [0.29, 0.717) is 22.7 Å². The zero-order valence-corrected chi connectivity index (χ0v) is 9.21. The quantitative estimate of drug-likeness (QED) is 0.750. The van der Waals surface area contributed by atoms with Gasteiger partial charge in [0.15, 0.2) is 0 Å². The zero-order valence-electron chi connectivity index (χ0n) is 8.46. The molecule has 0 aromatic carbocycles. The van der Waals surface area contributed by atoms with Crippen LogP contribution in [0.25, 0.3) is 0 Å². The number of halogens is 3. The maximum Gasteiger partial charge on any atom is 0.282 e. The molecule has 2 fully saturated rings. The van der Waals surface area contributed by atoms with Gasteiger partial charge >= 0.3 is 0 Å². The normalized spacial score (nSPS) is 23.1. The summed E-state index contributed by atoms with van der Waals surface area (Å²) in [5.74, 6) is -0.998. The third-order valence-corrected chi connectivity index (χ3v) is 3.00. The molecule has 0 N–H and O–H groups in total. The molecule has 0 atom stereocenters. The number of alkyl halides is 2. The van der Waals surface area contributed by atoms with Crippen molar-refractivity contribution in [3.05, 3.63) is 17.0 Å². The summed E-state index contributed by atoms with van der Waals surface area (Å²) in [6.07, 6.45) is 2.13. The second-order valence-electron chi connectivity index (χ2n) is 4.39. The van der Waals surface area contributed by atoms with Crippen LogP contribution in [0.15, 0.2) is 6.07 Å². The predicted octanol–water partition coefficient (Wildman–Crippen LogP) is 2.46. The lowest BCUT2D eigenvalue weighted by molar-refractivity contribution is -0.0267. The lowest BCUT2D eigenvalue weighted by Crippen LogP contribution is -2.56. The first kappa shape index (κ1) is 10.2. The molecule has 0 radical (unpaired) electrons. The molecule has 2 aliphatic rings. The fraction of sp³-hybridized carbons (Fsp3) is 0.600. The summed E-state index contributed by atoms with van der Waals surface area (Å²) in [4.78, 5) is 9.92. The van der Waals surface area contributed by atoms with E-state index in [1.165, 1.54) is 4.90 Å². The highest BCUT2D eigenvalue weighted by atomic mass is 35.5. The molecule has 1 aromatic heterocycles. The number of rotatable bonds is 2. The van der Waals surface area contributed by atoms with Gasteiger partial charge in [-0.3, -0.25) is 0 Å². The van der Waals surface area contributed by atoms with Crippen molar-refractivity contribution in [2.24, 2.45) is 0 Å². The number of hydrogen-bond donors (Lipinski definition) is 0. The average Bonchev–Trinajstić information content (AvgIpc) is 2.95. The number of nitrogens with zero attached hydrogens (tertiary/aromatic N) is 3.